The average Bonchev–Trinajstić information content (AvgIpc) is 2.91. The largest absolute Gasteiger partial charge is 0.489 e. The van der Waals surface area contributed by atoms with Crippen LogP contribution in [0.15, 0.2) is 84.9 Å². The van der Waals surface area contributed by atoms with Crippen molar-refractivity contribution >= 4 is 23.6 Å². The fourth-order valence-corrected chi connectivity index (χ4v) is 4.44. The summed E-state index contributed by atoms with van der Waals surface area (Å²) in [5.41, 5.74) is 3.64. The van der Waals surface area contributed by atoms with Crippen LogP contribution in [0.3, 0.4) is 0 Å². The van der Waals surface area contributed by atoms with E-state index < -0.39 is 5.97 Å². The number of carboxylic acids is 1. The van der Waals surface area contributed by atoms with Crippen LogP contribution < -0.4 is 9.64 Å². The number of carboxylic acid groups (broad SMARTS) is 1. The maximum Gasteiger partial charge on any atom is 0.328 e. The Hall–Kier alpha value is -3.86. The number of rotatable bonds is 9. The molecule has 0 heterocycles. The normalized spacial score (nSPS) is 14.1. The first-order valence-electron chi connectivity index (χ1n) is 12.2. The molecule has 180 valence electrons. The van der Waals surface area contributed by atoms with Crippen LogP contribution in [0.2, 0.25) is 0 Å². The molecule has 1 saturated carbocycles. The van der Waals surface area contributed by atoms with Crippen LogP contribution >= 0.6 is 0 Å². The SMILES string of the molecule is O=C(O)C=Cc1cccc(N(Cc2ccc(OCc3ccccc3)cc2)C(=O)C2CCCCC2)c1. The van der Waals surface area contributed by atoms with E-state index >= 15 is 0 Å². The number of carbonyl (C=O) groups excluding carboxylic acids is 1. The molecule has 3 aromatic carbocycles. The third-order valence-corrected chi connectivity index (χ3v) is 6.33. The maximum absolute atomic E-state index is 13.6. The molecule has 0 bridgehead atoms. The van der Waals surface area contributed by atoms with Crippen LogP contribution in [-0.4, -0.2) is 17.0 Å². The molecule has 0 unspecified atom stereocenters. The van der Waals surface area contributed by atoms with Gasteiger partial charge in [-0.05, 0) is 59.9 Å². The van der Waals surface area contributed by atoms with Gasteiger partial charge in [0.1, 0.15) is 12.4 Å². The number of benzene rings is 3. The van der Waals surface area contributed by atoms with Gasteiger partial charge in [0.05, 0.1) is 6.54 Å². The fraction of sp³-hybridized carbons (Fsp3) is 0.267. The third kappa shape index (κ3) is 7.06. The number of hydrogen-bond acceptors (Lipinski definition) is 3. The second kappa shape index (κ2) is 12.0. The summed E-state index contributed by atoms with van der Waals surface area (Å²) in [5.74, 6) is -0.0624. The molecule has 0 aromatic heterocycles. The molecule has 0 aliphatic heterocycles. The Labute approximate surface area is 206 Å². The molecule has 5 heteroatoms. The van der Waals surface area contributed by atoms with E-state index in [9.17, 15) is 9.59 Å². The van der Waals surface area contributed by atoms with Gasteiger partial charge >= 0.3 is 5.97 Å². The van der Waals surface area contributed by atoms with Crippen molar-refractivity contribution in [2.24, 2.45) is 5.92 Å². The van der Waals surface area contributed by atoms with Crippen molar-refractivity contribution in [2.45, 2.75) is 45.3 Å². The summed E-state index contributed by atoms with van der Waals surface area (Å²) >= 11 is 0. The molecule has 3 aromatic rings. The molecule has 1 aliphatic rings. The van der Waals surface area contributed by atoms with Gasteiger partial charge in [0, 0.05) is 17.7 Å². The van der Waals surface area contributed by atoms with Crippen LogP contribution in [0.25, 0.3) is 6.08 Å². The first-order valence-corrected chi connectivity index (χ1v) is 12.2. The molecule has 4 rings (SSSR count). The van der Waals surface area contributed by atoms with E-state index in [1.807, 2.05) is 83.8 Å². The van der Waals surface area contributed by atoms with Crippen molar-refractivity contribution in [2.75, 3.05) is 4.90 Å². The molecule has 1 amide bonds. The highest BCUT2D eigenvalue weighted by Gasteiger charge is 2.27. The number of nitrogens with zero attached hydrogens (tertiary/aromatic N) is 1. The molecule has 0 radical (unpaired) electrons. The Morgan fingerprint density at radius 2 is 1.63 bits per heavy atom. The maximum atomic E-state index is 13.6. The van der Waals surface area contributed by atoms with E-state index in [2.05, 4.69) is 0 Å². The van der Waals surface area contributed by atoms with Gasteiger partial charge in [0.25, 0.3) is 0 Å². The first kappa shape index (κ1) is 24.3. The molecule has 35 heavy (non-hydrogen) atoms. The van der Waals surface area contributed by atoms with E-state index in [4.69, 9.17) is 9.84 Å². The zero-order valence-corrected chi connectivity index (χ0v) is 19.8. The number of carbonyl (C=O) groups is 2. The van der Waals surface area contributed by atoms with Crippen LogP contribution in [0.1, 0.15) is 48.8 Å². The average molecular weight is 470 g/mol. The zero-order chi connectivity index (χ0) is 24.5. The predicted molar refractivity (Wildman–Crippen MR) is 138 cm³/mol. The Morgan fingerprint density at radius 3 is 2.34 bits per heavy atom. The number of anilines is 1. The number of amides is 1. The van der Waals surface area contributed by atoms with Gasteiger partial charge in [-0.15, -0.1) is 0 Å². The van der Waals surface area contributed by atoms with E-state index in [-0.39, 0.29) is 11.8 Å². The lowest BCUT2D eigenvalue weighted by Gasteiger charge is -2.30. The number of aliphatic carboxylic acids is 1. The highest BCUT2D eigenvalue weighted by atomic mass is 16.5. The van der Waals surface area contributed by atoms with Crippen molar-refractivity contribution in [1.29, 1.82) is 0 Å². The summed E-state index contributed by atoms with van der Waals surface area (Å²) in [6, 6.07) is 25.4. The zero-order valence-electron chi connectivity index (χ0n) is 19.8. The molecule has 5 nitrogen and oxygen atoms in total. The van der Waals surface area contributed by atoms with Crippen LogP contribution in [0, 0.1) is 5.92 Å². The predicted octanol–water partition coefficient (Wildman–Crippen LogP) is 6.48. The van der Waals surface area contributed by atoms with Crippen molar-refractivity contribution in [3.63, 3.8) is 0 Å². The molecule has 1 aliphatic carbocycles. The number of ether oxygens (including phenoxy) is 1. The Morgan fingerprint density at radius 1 is 0.886 bits per heavy atom. The van der Waals surface area contributed by atoms with Gasteiger partial charge in [0.2, 0.25) is 5.91 Å². The van der Waals surface area contributed by atoms with Gasteiger partial charge in [-0.3, -0.25) is 4.79 Å². The smallest absolute Gasteiger partial charge is 0.328 e. The number of hydrogen-bond donors (Lipinski definition) is 1. The standard InChI is InChI=1S/C30H31NO4/c32-29(33)19-16-23-10-7-13-27(20-23)31(30(34)26-11-5-2-6-12-26)21-24-14-17-28(18-15-24)35-22-25-8-3-1-4-9-25/h1,3-4,7-10,13-20,26H,2,5-6,11-12,21-22H2,(H,32,33). The fourth-order valence-electron chi connectivity index (χ4n) is 4.44. The summed E-state index contributed by atoms with van der Waals surface area (Å²) in [7, 11) is 0. The summed E-state index contributed by atoms with van der Waals surface area (Å²) in [5, 5.41) is 8.97. The van der Waals surface area contributed by atoms with Crippen molar-refractivity contribution < 1.29 is 19.4 Å². The van der Waals surface area contributed by atoms with Crippen LogP contribution in [0.4, 0.5) is 5.69 Å². The van der Waals surface area contributed by atoms with Crippen molar-refractivity contribution in [3.05, 3.63) is 102 Å². The van der Waals surface area contributed by atoms with Crippen molar-refractivity contribution in [3.8, 4) is 5.75 Å². The molecular formula is C30H31NO4. The summed E-state index contributed by atoms with van der Waals surface area (Å²) in [6.07, 6.45) is 7.84. The van der Waals surface area contributed by atoms with Gasteiger partial charge in [-0.25, -0.2) is 4.79 Å². The topological polar surface area (TPSA) is 66.8 Å². The quantitative estimate of drug-likeness (QED) is 0.364. The van der Waals surface area contributed by atoms with Crippen molar-refractivity contribution in [1.82, 2.24) is 0 Å². The van der Waals surface area contributed by atoms with Crippen LogP contribution in [-0.2, 0) is 22.7 Å². The van der Waals surface area contributed by atoms with Crippen LogP contribution in [0.5, 0.6) is 5.75 Å². The lowest BCUT2D eigenvalue weighted by atomic mass is 9.88. The lowest BCUT2D eigenvalue weighted by Crippen LogP contribution is -2.36. The highest BCUT2D eigenvalue weighted by Crippen LogP contribution is 2.29. The second-order valence-corrected chi connectivity index (χ2v) is 8.94. The molecular weight excluding hydrogens is 438 g/mol. The van der Waals surface area contributed by atoms with E-state index in [1.165, 1.54) is 6.42 Å². The first-order chi connectivity index (χ1) is 17.1. The van der Waals surface area contributed by atoms with Gasteiger partial charge in [0.15, 0.2) is 0 Å². The Kier molecular flexibility index (Phi) is 8.34. The molecule has 0 saturated heterocycles. The summed E-state index contributed by atoms with van der Waals surface area (Å²) in [4.78, 5) is 26.4. The van der Waals surface area contributed by atoms with Gasteiger partial charge < -0.3 is 14.7 Å². The Balaban J connectivity index is 1.52. The highest BCUT2D eigenvalue weighted by molar-refractivity contribution is 5.95. The monoisotopic (exact) mass is 469 g/mol. The molecule has 1 N–H and O–H groups in total. The second-order valence-electron chi connectivity index (χ2n) is 8.94. The molecule has 0 atom stereocenters. The minimum absolute atomic E-state index is 0.0236. The van der Waals surface area contributed by atoms with Gasteiger partial charge in [-0.2, -0.15) is 0 Å². The van der Waals surface area contributed by atoms with E-state index in [0.717, 1.165) is 59.9 Å². The Bertz CT molecular complexity index is 1150. The minimum atomic E-state index is -1.000. The van der Waals surface area contributed by atoms with E-state index in [0.29, 0.717) is 13.2 Å². The summed E-state index contributed by atoms with van der Waals surface area (Å²) in [6.45, 7) is 0.948. The minimum Gasteiger partial charge on any atom is -0.489 e. The molecule has 0 spiro atoms. The summed E-state index contributed by atoms with van der Waals surface area (Å²) < 4.78 is 5.91. The third-order valence-electron chi connectivity index (χ3n) is 6.33. The lowest BCUT2D eigenvalue weighted by molar-refractivity contribution is -0.131. The molecule has 1 fully saturated rings. The van der Waals surface area contributed by atoms with Gasteiger partial charge in [-0.1, -0.05) is 73.9 Å². The van der Waals surface area contributed by atoms with E-state index in [1.54, 1.807) is 6.08 Å².